The van der Waals surface area contributed by atoms with Crippen LogP contribution in [0.2, 0.25) is 0 Å². The van der Waals surface area contributed by atoms with Crippen molar-refractivity contribution in [1.29, 1.82) is 0 Å². The first-order valence-corrected chi connectivity index (χ1v) is 8.23. The van der Waals surface area contributed by atoms with Crippen molar-refractivity contribution >= 4 is 5.97 Å². The van der Waals surface area contributed by atoms with Gasteiger partial charge in [0.25, 0.3) is 0 Å². The monoisotopic (exact) mass is 266 g/mol. The van der Waals surface area contributed by atoms with Crippen molar-refractivity contribution in [2.45, 2.75) is 84.2 Å². The summed E-state index contributed by atoms with van der Waals surface area (Å²) >= 11 is 0. The van der Waals surface area contributed by atoms with Crippen molar-refractivity contribution in [3.63, 3.8) is 0 Å². The zero-order valence-corrected chi connectivity index (χ0v) is 12.9. The molecule has 2 saturated carbocycles. The van der Waals surface area contributed by atoms with Crippen molar-refractivity contribution in [2.24, 2.45) is 17.8 Å². The lowest BCUT2D eigenvalue weighted by Crippen LogP contribution is -2.47. The van der Waals surface area contributed by atoms with Gasteiger partial charge in [0.1, 0.15) is 5.60 Å². The number of carbonyl (C=O) groups is 1. The van der Waals surface area contributed by atoms with Crippen LogP contribution < -0.4 is 0 Å². The minimum atomic E-state index is -0.169. The second-order valence-electron chi connectivity index (χ2n) is 7.26. The first kappa shape index (κ1) is 14.9. The molecule has 0 amide bonds. The Bertz CT molecular complexity index is 308. The Hall–Kier alpha value is -0.530. The predicted molar refractivity (Wildman–Crippen MR) is 77.9 cm³/mol. The van der Waals surface area contributed by atoms with Gasteiger partial charge in [0.15, 0.2) is 0 Å². The smallest absolute Gasteiger partial charge is 0.306 e. The van der Waals surface area contributed by atoms with E-state index in [1.165, 1.54) is 38.5 Å². The second kappa shape index (κ2) is 6.28. The van der Waals surface area contributed by atoms with E-state index in [1.54, 1.807) is 0 Å². The third-order valence-electron chi connectivity index (χ3n) is 5.21. The lowest BCUT2D eigenvalue weighted by molar-refractivity contribution is -0.174. The predicted octanol–water partition coefficient (Wildman–Crippen LogP) is 4.71. The van der Waals surface area contributed by atoms with Crippen molar-refractivity contribution < 1.29 is 9.53 Å². The van der Waals surface area contributed by atoms with Gasteiger partial charge >= 0.3 is 5.97 Å². The van der Waals surface area contributed by atoms with E-state index in [0.717, 1.165) is 18.8 Å². The van der Waals surface area contributed by atoms with Crippen molar-refractivity contribution in [2.75, 3.05) is 0 Å². The van der Waals surface area contributed by atoms with Gasteiger partial charge in [0, 0.05) is 12.3 Å². The van der Waals surface area contributed by atoms with E-state index in [2.05, 4.69) is 20.8 Å². The molecule has 0 heterocycles. The van der Waals surface area contributed by atoms with Crippen molar-refractivity contribution in [3.8, 4) is 0 Å². The summed E-state index contributed by atoms with van der Waals surface area (Å²) in [6.45, 7) is 6.52. The fourth-order valence-electron chi connectivity index (χ4n) is 4.10. The number of rotatable bonds is 4. The van der Waals surface area contributed by atoms with Crippen LogP contribution in [0.3, 0.4) is 0 Å². The fraction of sp³-hybridized carbons (Fsp3) is 0.941. The van der Waals surface area contributed by atoms with Crippen LogP contribution in [0.4, 0.5) is 0 Å². The van der Waals surface area contributed by atoms with E-state index in [-0.39, 0.29) is 11.6 Å². The maximum Gasteiger partial charge on any atom is 0.306 e. The molecule has 0 aromatic rings. The van der Waals surface area contributed by atoms with Crippen LogP contribution in [0, 0.1) is 17.8 Å². The Labute approximate surface area is 118 Å². The Balaban J connectivity index is 1.93. The van der Waals surface area contributed by atoms with Crippen LogP contribution in [0.15, 0.2) is 0 Å². The lowest BCUT2D eigenvalue weighted by atomic mass is 9.63. The van der Waals surface area contributed by atoms with Gasteiger partial charge in [-0.05, 0) is 50.9 Å². The zero-order chi connectivity index (χ0) is 13.9. The van der Waals surface area contributed by atoms with Gasteiger partial charge in [-0.25, -0.2) is 0 Å². The van der Waals surface area contributed by atoms with E-state index in [0.29, 0.717) is 18.3 Å². The maximum atomic E-state index is 12.1. The number of ether oxygens (including phenoxy) is 1. The molecule has 110 valence electrons. The lowest BCUT2D eigenvalue weighted by Gasteiger charge is -2.47. The van der Waals surface area contributed by atoms with Gasteiger partial charge in [0.2, 0.25) is 0 Å². The number of fused-ring (bicyclic) bond motifs is 1. The number of carbonyl (C=O) groups excluding carboxylic acids is 1. The van der Waals surface area contributed by atoms with Crippen LogP contribution in [0.25, 0.3) is 0 Å². The molecule has 0 aromatic carbocycles. The zero-order valence-electron chi connectivity index (χ0n) is 12.9. The van der Waals surface area contributed by atoms with Gasteiger partial charge in [-0.2, -0.15) is 0 Å². The molecular weight excluding hydrogens is 236 g/mol. The molecule has 2 rings (SSSR count). The number of esters is 1. The minimum absolute atomic E-state index is 0.0300. The molecule has 0 spiro atoms. The van der Waals surface area contributed by atoms with E-state index in [4.69, 9.17) is 4.74 Å². The van der Waals surface area contributed by atoms with Crippen LogP contribution in [0.1, 0.15) is 78.6 Å². The van der Waals surface area contributed by atoms with Gasteiger partial charge in [-0.3, -0.25) is 4.79 Å². The van der Waals surface area contributed by atoms with Crippen LogP contribution in [0.5, 0.6) is 0 Å². The van der Waals surface area contributed by atoms with Gasteiger partial charge in [-0.1, -0.05) is 33.1 Å². The average molecular weight is 266 g/mol. The van der Waals surface area contributed by atoms with Gasteiger partial charge < -0.3 is 4.74 Å². The van der Waals surface area contributed by atoms with E-state index in [1.807, 2.05) is 0 Å². The summed E-state index contributed by atoms with van der Waals surface area (Å²) in [4.78, 5) is 12.1. The number of hydrogen-bond acceptors (Lipinski definition) is 2. The van der Waals surface area contributed by atoms with Crippen molar-refractivity contribution in [3.05, 3.63) is 0 Å². The third kappa shape index (κ3) is 3.73. The normalized spacial score (nSPS) is 34.9. The van der Waals surface area contributed by atoms with Gasteiger partial charge in [0.05, 0.1) is 0 Å². The molecule has 2 nitrogen and oxygen atoms in total. The SMILES string of the molecule is CC(C)CCC(=O)OC1(C)CCCC2CCCCC21. The molecule has 19 heavy (non-hydrogen) atoms. The summed E-state index contributed by atoms with van der Waals surface area (Å²) in [6.07, 6.45) is 10.5. The molecule has 2 aliphatic carbocycles. The highest BCUT2D eigenvalue weighted by atomic mass is 16.6. The topological polar surface area (TPSA) is 26.3 Å². The maximum absolute atomic E-state index is 12.1. The summed E-state index contributed by atoms with van der Waals surface area (Å²) in [6, 6.07) is 0. The Morgan fingerprint density at radius 1 is 1.21 bits per heavy atom. The third-order valence-corrected chi connectivity index (χ3v) is 5.21. The molecule has 0 radical (unpaired) electrons. The molecule has 0 saturated heterocycles. The first-order valence-electron chi connectivity index (χ1n) is 8.23. The minimum Gasteiger partial charge on any atom is -0.459 e. The number of hydrogen-bond donors (Lipinski definition) is 0. The summed E-state index contributed by atoms with van der Waals surface area (Å²) in [7, 11) is 0. The van der Waals surface area contributed by atoms with E-state index < -0.39 is 0 Å². The van der Waals surface area contributed by atoms with Crippen LogP contribution in [-0.2, 0) is 9.53 Å². The van der Waals surface area contributed by atoms with Crippen molar-refractivity contribution in [1.82, 2.24) is 0 Å². The first-order chi connectivity index (χ1) is 9.01. The molecule has 2 fully saturated rings. The largest absolute Gasteiger partial charge is 0.459 e. The highest BCUT2D eigenvalue weighted by Crippen LogP contribution is 2.47. The molecule has 0 bridgehead atoms. The molecule has 2 aliphatic rings. The second-order valence-corrected chi connectivity index (χ2v) is 7.26. The summed E-state index contributed by atoms with van der Waals surface area (Å²) in [5.41, 5.74) is -0.169. The molecule has 0 aliphatic heterocycles. The Morgan fingerprint density at radius 3 is 2.63 bits per heavy atom. The Morgan fingerprint density at radius 2 is 1.89 bits per heavy atom. The quantitative estimate of drug-likeness (QED) is 0.688. The molecule has 0 N–H and O–H groups in total. The van der Waals surface area contributed by atoms with Crippen LogP contribution >= 0.6 is 0 Å². The summed E-state index contributed by atoms with van der Waals surface area (Å²) in [5, 5.41) is 0. The molecular formula is C17H30O2. The summed E-state index contributed by atoms with van der Waals surface area (Å²) < 4.78 is 5.96. The van der Waals surface area contributed by atoms with E-state index in [9.17, 15) is 4.79 Å². The fourth-order valence-corrected chi connectivity index (χ4v) is 4.10. The standard InChI is InChI=1S/C17H30O2/c1-13(2)10-11-16(18)19-17(3)12-6-8-14-7-4-5-9-15(14)17/h13-15H,4-12H2,1-3H3. The van der Waals surface area contributed by atoms with Gasteiger partial charge in [-0.15, -0.1) is 0 Å². The molecule has 3 atom stereocenters. The highest BCUT2D eigenvalue weighted by molar-refractivity contribution is 5.69. The molecule has 3 unspecified atom stereocenters. The van der Waals surface area contributed by atoms with E-state index >= 15 is 0 Å². The summed E-state index contributed by atoms with van der Waals surface area (Å²) in [5.74, 6) is 2.04. The average Bonchev–Trinajstić information content (AvgIpc) is 2.37. The molecule has 2 heteroatoms. The Kier molecular flexibility index (Phi) is 4.92. The van der Waals surface area contributed by atoms with Crippen LogP contribution in [-0.4, -0.2) is 11.6 Å². The molecule has 0 aromatic heterocycles. The highest BCUT2D eigenvalue weighted by Gasteiger charge is 2.45.